The summed E-state index contributed by atoms with van der Waals surface area (Å²) in [5.74, 6) is -0.768. The van der Waals surface area contributed by atoms with Crippen molar-refractivity contribution in [2.24, 2.45) is 11.1 Å². The van der Waals surface area contributed by atoms with Crippen molar-refractivity contribution >= 4 is 17.5 Å². The second-order valence-electron chi connectivity index (χ2n) is 5.03. The van der Waals surface area contributed by atoms with Crippen molar-refractivity contribution < 1.29 is 42.3 Å². The third kappa shape index (κ3) is 3.65. The van der Waals surface area contributed by atoms with Gasteiger partial charge in [-0.3, -0.25) is 4.79 Å². The molecule has 1 aliphatic carbocycles. The van der Waals surface area contributed by atoms with E-state index in [1.165, 1.54) is 0 Å². The van der Waals surface area contributed by atoms with Gasteiger partial charge in [-0.1, -0.05) is 6.07 Å². The van der Waals surface area contributed by atoms with E-state index in [4.69, 9.17) is 11.5 Å². The molecule has 1 radical (unpaired) electrons. The summed E-state index contributed by atoms with van der Waals surface area (Å²) < 4.78 is 0. The van der Waals surface area contributed by atoms with Gasteiger partial charge in [0.15, 0.2) is 0 Å². The van der Waals surface area contributed by atoms with Gasteiger partial charge in [-0.25, -0.2) is 0 Å². The van der Waals surface area contributed by atoms with Crippen molar-refractivity contribution in [3.05, 3.63) is 42.0 Å². The van der Waals surface area contributed by atoms with E-state index < -0.39 is 11.3 Å². The Bertz CT molecular complexity index is 533. The second kappa shape index (κ2) is 6.79. The fraction of sp³-hybridized carbons (Fsp3) is 0.357. The van der Waals surface area contributed by atoms with Crippen molar-refractivity contribution in [2.45, 2.75) is 19.3 Å². The molecular formula is C14H17N3O2Y-2. The zero-order chi connectivity index (χ0) is 14.0. The Labute approximate surface area is 143 Å². The molecule has 2 amide bonds. The summed E-state index contributed by atoms with van der Waals surface area (Å²) in [4.78, 5) is 22.8. The van der Waals surface area contributed by atoms with Gasteiger partial charge < -0.3 is 28.5 Å². The maximum absolute atomic E-state index is 11.5. The fourth-order valence-electron chi connectivity index (χ4n) is 2.35. The number of anilines is 1. The predicted octanol–water partition coefficient (Wildman–Crippen LogP) is 1.47. The Morgan fingerprint density at radius 3 is 2.60 bits per heavy atom. The van der Waals surface area contributed by atoms with Gasteiger partial charge in [0, 0.05) is 57.3 Å². The first kappa shape index (κ1) is 17.3. The van der Waals surface area contributed by atoms with E-state index in [1.807, 2.05) is 12.1 Å². The van der Waals surface area contributed by atoms with Crippen LogP contribution in [0.3, 0.4) is 0 Å². The zero-order valence-electron chi connectivity index (χ0n) is 11.2. The molecule has 0 heterocycles. The molecule has 2 rings (SSSR count). The summed E-state index contributed by atoms with van der Waals surface area (Å²) in [7, 11) is 0. The third-order valence-corrected chi connectivity index (χ3v) is 3.40. The number of hydrogen-bond acceptors (Lipinski definition) is 3. The largest absolute Gasteiger partial charge is 0.670 e. The minimum Gasteiger partial charge on any atom is -0.670 e. The molecule has 1 aliphatic rings. The molecule has 1 unspecified atom stereocenters. The Hall–Kier alpha value is -0.776. The number of fused-ring (bicyclic) bond motifs is 1. The minimum absolute atomic E-state index is 0. The maximum Gasteiger partial charge on any atom is 0.225 e. The first-order valence-electron chi connectivity index (χ1n) is 6.18. The van der Waals surface area contributed by atoms with Crippen LogP contribution < -0.4 is 11.1 Å². The Morgan fingerprint density at radius 2 is 2.00 bits per heavy atom. The average Bonchev–Trinajstić information content (AvgIpc) is 2.66. The summed E-state index contributed by atoms with van der Waals surface area (Å²) in [6, 6.07) is 5.52. The summed E-state index contributed by atoms with van der Waals surface area (Å²) in [6.07, 6.45) is 1.22. The number of carbonyl (C=O) groups excluding carboxylic acids is 2. The SMILES string of the molecule is [CH2-]C1(C([NH-])=O)Cc2ccc(NC(=O)CCN)cc2C1.[Y]. The van der Waals surface area contributed by atoms with Crippen LogP contribution in [0.4, 0.5) is 5.69 Å². The molecule has 0 aliphatic heterocycles. The van der Waals surface area contributed by atoms with Gasteiger partial charge in [0.1, 0.15) is 0 Å². The first-order chi connectivity index (χ1) is 8.94. The molecule has 0 saturated heterocycles. The van der Waals surface area contributed by atoms with Gasteiger partial charge in [-0.15, -0.1) is 5.41 Å². The van der Waals surface area contributed by atoms with Gasteiger partial charge in [0.25, 0.3) is 0 Å². The van der Waals surface area contributed by atoms with Crippen molar-refractivity contribution in [1.29, 1.82) is 0 Å². The standard InChI is InChI=1S/C14H18N3O2.Y/c1-14(13(16)19)7-9-2-3-11(6-10(9)8-14)17-12(18)4-5-15;/h2-3,6H,1,4-5,7-8,15H2,(H3,16,17,18,19);/q-1;/p-1. The van der Waals surface area contributed by atoms with E-state index in [1.54, 1.807) is 6.07 Å². The molecule has 1 aromatic carbocycles. The smallest absolute Gasteiger partial charge is 0.225 e. The van der Waals surface area contributed by atoms with Crippen LogP contribution in [0.15, 0.2) is 18.2 Å². The van der Waals surface area contributed by atoms with Crippen molar-refractivity contribution in [1.82, 2.24) is 0 Å². The Kier molecular flexibility index (Phi) is 5.86. The molecule has 6 heteroatoms. The predicted molar refractivity (Wildman–Crippen MR) is 73.3 cm³/mol. The fourth-order valence-corrected chi connectivity index (χ4v) is 2.35. The third-order valence-electron chi connectivity index (χ3n) is 3.40. The van der Waals surface area contributed by atoms with Crippen LogP contribution in [0.25, 0.3) is 5.73 Å². The Morgan fingerprint density at radius 1 is 1.35 bits per heavy atom. The number of carbonyl (C=O) groups is 2. The molecule has 20 heavy (non-hydrogen) atoms. The van der Waals surface area contributed by atoms with E-state index in [0.717, 1.165) is 11.1 Å². The van der Waals surface area contributed by atoms with Gasteiger partial charge in [-0.2, -0.15) is 0 Å². The van der Waals surface area contributed by atoms with Crippen LogP contribution in [-0.2, 0) is 55.1 Å². The van der Waals surface area contributed by atoms with Gasteiger partial charge in [0.2, 0.25) is 5.91 Å². The van der Waals surface area contributed by atoms with Crippen LogP contribution in [0.1, 0.15) is 17.5 Å². The quantitative estimate of drug-likeness (QED) is 0.807. The summed E-state index contributed by atoms with van der Waals surface area (Å²) in [5.41, 5.74) is 14.4. The molecule has 0 spiro atoms. The molecule has 5 nitrogen and oxygen atoms in total. The molecule has 0 aromatic heterocycles. The van der Waals surface area contributed by atoms with Crippen molar-refractivity contribution in [3.63, 3.8) is 0 Å². The van der Waals surface area contributed by atoms with Gasteiger partial charge >= 0.3 is 0 Å². The number of rotatable bonds is 4. The second-order valence-corrected chi connectivity index (χ2v) is 5.03. The first-order valence-corrected chi connectivity index (χ1v) is 6.18. The average molecular weight is 348 g/mol. The zero-order valence-corrected chi connectivity index (χ0v) is 14.1. The topological polar surface area (TPSA) is 96.0 Å². The number of nitrogens with two attached hydrogens (primary N) is 1. The summed E-state index contributed by atoms with van der Waals surface area (Å²) in [5, 5.41) is 2.76. The number of hydrogen-bond donors (Lipinski definition) is 2. The molecule has 1 aromatic rings. The Balaban J connectivity index is 0.00000200. The summed E-state index contributed by atoms with van der Waals surface area (Å²) in [6.45, 7) is 4.17. The number of nitrogens with one attached hydrogen (secondary N) is 2. The van der Waals surface area contributed by atoms with Crippen LogP contribution in [-0.4, -0.2) is 18.4 Å². The molecule has 0 fully saturated rings. The molecule has 1 atom stereocenters. The molecule has 0 saturated carbocycles. The van der Waals surface area contributed by atoms with E-state index >= 15 is 0 Å². The van der Waals surface area contributed by atoms with Gasteiger partial charge in [0.05, 0.1) is 0 Å². The van der Waals surface area contributed by atoms with Crippen LogP contribution in [0.5, 0.6) is 0 Å². The van der Waals surface area contributed by atoms with Crippen LogP contribution in [0, 0.1) is 12.3 Å². The van der Waals surface area contributed by atoms with E-state index in [-0.39, 0.29) is 45.0 Å². The molecule has 0 bridgehead atoms. The molecular weight excluding hydrogens is 331 g/mol. The van der Waals surface area contributed by atoms with Crippen LogP contribution >= 0.6 is 0 Å². The molecule has 4 N–H and O–H groups in total. The monoisotopic (exact) mass is 348 g/mol. The normalized spacial score (nSPS) is 19.9. The van der Waals surface area contributed by atoms with E-state index in [9.17, 15) is 9.59 Å². The summed E-state index contributed by atoms with van der Waals surface area (Å²) >= 11 is 0. The van der Waals surface area contributed by atoms with Crippen LogP contribution in [0.2, 0.25) is 0 Å². The van der Waals surface area contributed by atoms with E-state index in [2.05, 4.69) is 12.2 Å². The minimum atomic E-state index is -0.873. The number of benzene rings is 1. The maximum atomic E-state index is 11.5. The van der Waals surface area contributed by atoms with Crippen molar-refractivity contribution in [2.75, 3.05) is 11.9 Å². The van der Waals surface area contributed by atoms with Crippen molar-refractivity contribution in [3.8, 4) is 0 Å². The van der Waals surface area contributed by atoms with E-state index in [0.29, 0.717) is 25.1 Å². The van der Waals surface area contributed by atoms with Gasteiger partial charge in [-0.05, 0) is 36.1 Å². The number of amides is 2. The molecule has 105 valence electrons.